The van der Waals surface area contributed by atoms with Crippen LogP contribution in [0.4, 0.5) is 0 Å². The predicted molar refractivity (Wildman–Crippen MR) is 108 cm³/mol. The predicted octanol–water partition coefficient (Wildman–Crippen LogP) is 3.80. The summed E-state index contributed by atoms with van der Waals surface area (Å²) in [6.07, 6.45) is 1.56. The van der Waals surface area contributed by atoms with E-state index in [-0.39, 0.29) is 22.2 Å². The fraction of sp³-hybridized carbons (Fsp3) is 0. The van der Waals surface area contributed by atoms with Gasteiger partial charge in [-0.2, -0.15) is 8.42 Å². The zero-order chi connectivity index (χ0) is 20.3. The second-order valence-electron chi connectivity index (χ2n) is 6.12. The lowest BCUT2D eigenvalue weighted by Gasteiger charge is -2.07. The number of carbonyl (C=O) groups is 1. The molecule has 0 spiro atoms. The number of ether oxygens (including phenoxy) is 1. The van der Waals surface area contributed by atoms with E-state index >= 15 is 0 Å². The van der Waals surface area contributed by atoms with E-state index in [1.54, 1.807) is 48.5 Å². The van der Waals surface area contributed by atoms with Gasteiger partial charge in [-0.25, -0.2) is 9.79 Å². The van der Waals surface area contributed by atoms with E-state index in [1.165, 1.54) is 24.3 Å². The van der Waals surface area contributed by atoms with Crippen LogP contribution in [0, 0.1) is 0 Å². The number of carbonyl (C=O) groups excluding carboxylic acids is 1. The van der Waals surface area contributed by atoms with Crippen molar-refractivity contribution in [1.82, 2.24) is 0 Å². The summed E-state index contributed by atoms with van der Waals surface area (Å²) in [6, 6.07) is 23.3. The maximum Gasteiger partial charge on any atom is 0.363 e. The zero-order valence-corrected chi connectivity index (χ0v) is 15.9. The SMILES string of the molecule is O=C1OC(c2ccccc2)=N/C1=C/c1ccc(OS(=O)(=O)c2ccccc2)cc1. The van der Waals surface area contributed by atoms with Gasteiger partial charge in [0.05, 0.1) is 0 Å². The Morgan fingerprint density at radius 3 is 2.10 bits per heavy atom. The smallest absolute Gasteiger partial charge is 0.363 e. The molecule has 0 saturated heterocycles. The second-order valence-corrected chi connectivity index (χ2v) is 7.67. The Morgan fingerprint density at radius 1 is 0.828 bits per heavy atom. The highest BCUT2D eigenvalue weighted by molar-refractivity contribution is 7.87. The molecule has 0 bridgehead atoms. The molecular weight excluding hydrogens is 390 g/mol. The van der Waals surface area contributed by atoms with Crippen molar-refractivity contribution < 1.29 is 22.1 Å². The van der Waals surface area contributed by atoms with E-state index in [1.807, 2.05) is 18.2 Å². The minimum absolute atomic E-state index is 0.0719. The van der Waals surface area contributed by atoms with Gasteiger partial charge in [0.15, 0.2) is 5.70 Å². The number of rotatable bonds is 5. The van der Waals surface area contributed by atoms with Crippen molar-refractivity contribution in [3.63, 3.8) is 0 Å². The summed E-state index contributed by atoms with van der Waals surface area (Å²) in [4.78, 5) is 16.4. The quantitative estimate of drug-likeness (QED) is 0.366. The molecule has 3 aromatic rings. The van der Waals surface area contributed by atoms with Gasteiger partial charge in [-0.05, 0) is 48.0 Å². The summed E-state index contributed by atoms with van der Waals surface area (Å²) < 4.78 is 34.9. The maximum atomic E-state index is 12.3. The monoisotopic (exact) mass is 405 g/mol. The first kappa shape index (κ1) is 18.6. The second kappa shape index (κ2) is 7.73. The molecule has 1 aliphatic heterocycles. The first-order chi connectivity index (χ1) is 14.0. The van der Waals surface area contributed by atoms with Gasteiger partial charge in [-0.15, -0.1) is 0 Å². The van der Waals surface area contributed by atoms with E-state index in [9.17, 15) is 13.2 Å². The number of hydrogen-bond acceptors (Lipinski definition) is 6. The molecule has 3 aromatic carbocycles. The minimum atomic E-state index is -3.91. The lowest BCUT2D eigenvalue weighted by atomic mass is 10.2. The number of nitrogens with zero attached hydrogens (tertiary/aromatic N) is 1. The number of aliphatic imine (C=N–C) groups is 1. The average Bonchev–Trinajstić information content (AvgIpc) is 3.11. The van der Waals surface area contributed by atoms with E-state index in [2.05, 4.69) is 4.99 Å². The summed E-state index contributed by atoms with van der Waals surface area (Å²) in [6.45, 7) is 0. The van der Waals surface area contributed by atoms with Gasteiger partial charge < -0.3 is 8.92 Å². The van der Waals surface area contributed by atoms with Crippen molar-refractivity contribution in [2.75, 3.05) is 0 Å². The Balaban J connectivity index is 1.53. The number of esters is 1. The third-order valence-corrected chi connectivity index (χ3v) is 5.32. The van der Waals surface area contributed by atoms with Crippen molar-refractivity contribution >= 4 is 28.1 Å². The van der Waals surface area contributed by atoms with Gasteiger partial charge in [0.25, 0.3) is 0 Å². The normalized spacial score (nSPS) is 15.1. The molecule has 4 rings (SSSR count). The van der Waals surface area contributed by atoms with Crippen LogP contribution in [0.2, 0.25) is 0 Å². The van der Waals surface area contributed by atoms with Crippen molar-refractivity contribution in [1.29, 1.82) is 0 Å². The van der Waals surface area contributed by atoms with E-state index in [4.69, 9.17) is 8.92 Å². The molecule has 0 amide bonds. The Kier molecular flexibility index (Phi) is 4.97. The molecule has 0 saturated carbocycles. The van der Waals surface area contributed by atoms with Crippen LogP contribution in [0.25, 0.3) is 6.08 Å². The van der Waals surface area contributed by atoms with Crippen LogP contribution in [-0.2, 0) is 19.6 Å². The highest BCUT2D eigenvalue weighted by Crippen LogP contribution is 2.22. The van der Waals surface area contributed by atoms with Crippen LogP contribution in [0.15, 0.2) is 101 Å². The molecule has 7 heteroatoms. The minimum Gasteiger partial charge on any atom is -0.402 e. The van der Waals surface area contributed by atoms with Gasteiger partial charge in [0, 0.05) is 5.56 Å². The van der Waals surface area contributed by atoms with Crippen LogP contribution in [0.5, 0.6) is 5.75 Å². The fourth-order valence-electron chi connectivity index (χ4n) is 2.65. The summed E-state index contributed by atoms with van der Waals surface area (Å²) in [5, 5.41) is 0. The van der Waals surface area contributed by atoms with Gasteiger partial charge in [0.2, 0.25) is 5.90 Å². The lowest BCUT2D eigenvalue weighted by Crippen LogP contribution is -2.09. The Morgan fingerprint density at radius 2 is 1.45 bits per heavy atom. The van der Waals surface area contributed by atoms with Gasteiger partial charge in [-0.1, -0.05) is 48.5 Å². The fourth-order valence-corrected chi connectivity index (χ4v) is 3.60. The van der Waals surface area contributed by atoms with Crippen molar-refractivity contribution in [2.45, 2.75) is 4.90 Å². The zero-order valence-electron chi connectivity index (χ0n) is 15.1. The van der Waals surface area contributed by atoms with E-state index < -0.39 is 16.1 Å². The molecule has 1 heterocycles. The van der Waals surface area contributed by atoms with E-state index in [0.717, 1.165) is 0 Å². The summed E-state index contributed by atoms with van der Waals surface area (Å²) in [5.74, 6) is -0.134. The van der Waals surface area contributed by atoms with Crippen molar-refractivity contribution in [3.05, 3.63) is 102 Å². The largest absolute Gasteiger partial charge is 0.402 e. The van der Waals surface area contributed by atoms with E-state index in [0.29, 0.717) is 11.1 Å². The third kappa shape index (κ3) is 4.25. The molecule has 0 fully saturated rings. The number of cyclic esters (lactones) is 1. The molecule has 0 radical (unpaired) electrons. The van der Waals surface area contributed by atoms with Crippen molar-refractivity contribution in [3.8, 4) is 5.75 Å². The third-order valence-electron chi connectivity index (χ3n) is 4.06. The summed E-state index contributed by atoms with van der Waals surface area (Å²) in [5.41, 5.74) is 1.52. The molecule has 1 aliphatic rings. The van der Waals surface area contributed by atoms with Crippen LogP contribution in [0.3, 0.4) is 0 Å². The Hall–Kier alpha value is -3.71. The number of hydrogen-bond donors (Lipinski definition) is 0. The topological polar surface area (TPSA) is 82.0 Å². The van der Waals surface area contributed by atoms with Gasteiger partial charge >= 0.3 is 16.1 Å². The van der Waals surface area contributed by atoms with Crippen LogP contribution >= 0.6 is 0 Å². The molecular formula is C22H15NO5S. The highest BCUT2D eigenvalue weighted by Gasteiger charge is 2.24. The van der Waals surface area contributed by atoms with Crippen molar-refractivity contribution in [2.24, 2.45) is 4.99 Å². The van der Waals surface area contributed by atoms with Gasteiger partial charge in [-0.3, -0.25) is 0 Å². The molecule has 0 aromatic heterocycles. The molecule has 0 N–H and O–H groups in total. The summed E-state index contributed by atoms with van der Waals surface area (Å²) >= 11 is 0. The first-order valence-electron chi connectivity index (χ1n) is 8.69. The molecule has 0 unspecified atom stereocenters. The molecule has 144 valence electrons. The number of benzene rings is 3. The maximum absolute atomic E-state index is 12.3. The van der Waals surface area contributed by atoms with Crippen LogP contribution in [-0.4, -0.2) is 20.3 Å². The molecule has 29 heavy (non-hydrogen) atoms. The molecule has 6 nitrogen and oxygen atoms in total. The van der Waals surface area contributed by atoms with Gasteiger partial charge in [0.1, 0.15) is 10.6 Å². The van der Waals surface area contributed by atoms with Crippen LogP contribution < -0.4 is 4.18 Å². The standard InChI is InChI=1S/C22H15NO5S/c24-22-20(23-21(27-22)17-7-3-1-4-8-17)15-16-11-13-18(14-12-16)28-29(25,26)19-9-5-2-6-10-19/h1-15H/b20-15+. The average molecular weight is 405 g/mol. The Labute approximate surface area is 167 Å². The van der Waals surface area contributed by atoms with Crippen LogP contribution in [0.1, 0.15) is 11.1 Å². The molecule has 0 atom stereocenters. The highest BCUT2D eigenvalue weighted by atomic mass is 32.2. The molecule has 0 aliphatic carbocycles. The Bertz CT molecular complexity index is 1200. The first-order valence-corrected chi connectivity index (χ1v) is 10.1. The lowest BCUT2D eigenvalue weighted by molar-refractivity contribution is -0.129. The summed E-state index contributed by atoms with van der Waals surface area (Å²) in [7, 11) is -3.91.